The van der Waals surface area contributed by atoms with Gasteiger partial charge in [-0.25, -0.2) is 14.6 Å². The van der Waals surface area contributed by atoms with E-state index < -0.39 is 17.7 Å². The Morgan fingerprint density at radius 3 is 2.34 bits per heavy atom. The molecule has 8 heteroatoms. The highest BCUT2D eigenvalue weighted by Crippen LogP contribution is 2.34. The van der Waals surface area contributed by atoms with Gasteiger partial charge in [-0.3, -0.25) is 5.32 Å². The molecule has 0 aliphatic heterocycles. The number of hydrogen-bond donors (Lipinski definition) is 1. The van der Waals surface area contributed by atoms with Crippen LogP contribution in [0.15, 0.2) is 54.2 Å². The largest absolute Gasteiger partial charge is 0.464 e. The van der Waals surface area contributed by atoms with E-state index in [0.29, 0.717) is 26.9 Å². The summed E-state index contributed by atoms with van der Waals surface area (Å²) in [6.07, 6.45) is 0.756. The smallest absolute Gasteiger partial charge is 0.412 e. The van der Waals surface area contributed by atoms with Crippen LogP contribution in [0.2, 0.25) is 10.0 Å². The quantitative estimate of drug-likeness (QED) is 0.358. The van der Waals surface area contributed by atoms with Crippen LogP contribution >= 0.6 is 23.2 Å². The molecule has 0 unspecified atom stereocenters. The first-order valence-electron chi connectivity index (χ1n) is 9.72. The van der Waals surface area contributed by atoms with Crippen molar-refractivity contribution in [3.63, 3.8) is 0 Å². The highest BCUT2D eigenvalue weighted by molar-refractivity contribution is 6.39. The number of pyridine rings is 1. The summed E-state index contributed by atoms with van der Waals surface area (Å²) in [6, 6.07) is 14.4. The SMILES string of the molecule is COC(=O)C(=Cc1ccc2nc(-c3c(Cl)cccc3Cl)ccc2c1)NC(=O)OC(C)(C)C. The van der Waals surface area contributed by atoms with Crippen molar-refractivity contribution in [1.82, 2.24) is 10.3 Å². The molecule has 166 valence electrons. The van der Waals surface area contributed by atoms with Crippen LogP contribution < -0.4 is 5.32 Å². The number of benzene rings is 2. The maximum Gasteiger partial charge on any atom is 0.412 e. The van der Waals surface area contributed by atoms with Gasteiger partial charge in [0, 0.05) is 10.9 Å². The number of nitrogens with one attached hydrogen (secondary N) is 1. The molecule has 0 spiro atoms. The van der Waals surface area contributed by atoms with Gasteiger partial charge in [0.2, 0.25) is 0 Å². The standard InChI is InChI=1S/C24H22Cl2N2O4/c1-24(2,3)32-23(30)28-20(22(29)31-4)13-14-8-10-18-15(12-14)9-11-19(27-18)21-16(25)6-5-7-17(21)26/h5-13H,1-4H3,(H,28,30). The molecule has 3 rings (SSSR count). The average Bonchev–Trinajstić information content (AvgIpc) is 2.71. The second-order valence-electron chi connectivity index (χ2n) is 7.92. The number of carbonyl (C=O) groups excluding carboxylic acids is 2. The topological polar surface area (TPSA) is 77.5 Å². The Labute approximate surface area is 196 Å². The Balaban J connectivity index is 1.94. The van der Waals surface area contributed by atoms with Gasteiger partial charge in [-0.2, -0.15) is 0 Å². The number of ether oxygens (including phenoxy) is 2. The molecule has 0 bridgehead atoms. The second kappa shape index (κ2) is 9.59. The second-order valence-corrected chi connectivity index (χ2v) is 8.74. The minimum absolute atomic E-state index is 0.0477. The number of halogens is 2. The van der Waals surface area contributed by atoms with E-state index in [4.69, 9.17) is 32.7 Å². The van der Waals surface area contributed by atoms with E-state index in [1.54, 1.807) is 51.1 Å². The molecule has 1 N–H and O–H groups in total. The van der Waals surface area contributed by atoms with Crippen molar-refractivity contribution in [3.05, 3.63) is 69.8 Å². The zero-order valence-electron chi connectivity index (χ0n) is 18.0. The van der Waals surface area contributed by atoms with Crippen LogP contribution in [-0.2, 0) is 14.3 Å². The Kier molecular flexibility index (Phi) is 7.06. The summed E-state index contributed by atoms with van der Waals surface area (Å²) in [5.41, 5.74) is 1.94. The van der Waals surface area contributed by atoms with E-state index in [0.717, 1.165) is 10.9 Å². The third-order valence-corrected chi connectivity index (χ3v) is 4.91. The Morgan fingerprint density at radius 2 is 1.72 bits per heavy atom. The van der Waals surface area contributed by atoms with Crippen molar-refractivity contribution in [1.29, 1.82) is 0 Å². The zero-order valence-corrected chi connectivity index (χ0v) is 19.5. The molecule has 0 saturated carbocycles. The number of amides is 1. The zero-order chi connectivity index (χ0) is 23.5. The van der Waals surface area contributed by atoms with Crippen LogP contribution in [0.3, 0.4) is 0 Å². The molecule has 0 aliphatic carbocycles. The van der Waals surface area contributed by atoms with Gasteiger partial charge in [0.15, 0.2) is 0 Å². The minimum atomic E-state index is -0.752. The third kappa shape index (κ3) is 5.78. The van der Waals surface area contributed by atoms with Crippen LogP contribution in [0, 0.1) is 0 Å². The van der Waals surface area contributed by atoms with Gasteiger partial charge in [0.25, 0.3) is 0 Å². The summed E-state index contributed by atoms with van der Waals surface area (Å²) >= 11 is 12.6. The maximum absolute atomic E-state index is 12.1. The van der Waals surface area contributed by atoms with E-state index in [1.165, 1.54) is 13.2 Å². The molecule has 0 fully saturated rings. The third-order valence-electron chi connectivity index (χ3n) is 4.28. The normalized spacial score (nSPS) is 11.9. The fraction of sp³-hybridized carbons (Fsp3) is 0.208. The number of nitrogens with zero attached hydrogens (tertiary/aromatic N) is 1. The van der Waals surface area contributed by atoms with Gasteiger partial charge in [0.05, 0.1) is 28.4 Å². The van der Waals surface area contributed by atoms with Gasteiger partial charge in [0.1, 0.15) is 11.3 Å². The van der Waals surface area contributed by atoms with Crippen molar-refractivity contribution in [3.8, 4) is 11.3 Å². The Bertz CT molecular complexity index is 1200. The first-order chi connectivity index (χ1) is 15.1. The van der Waals surface area contributed by atoms with Gasteiger partial charge < -0.3 is 9.47 Å². The number of rotatable bonds is 4. The fourth-order valence-corrected chi connectivity index (χ4v) is 3.54. The van der Waals surface area contributed by atoms with Gasteiger partial charge in [-0.1, -0.05) is 41.4 Å². The number of carbonyl (C=O) groups is 2. The van der Waals surface area contributed by atoms with Gasteiger partial charge in [-0.05, 0) is 62.7 Å². The predicted molar refractivity (Wildman–Crippen MR) is 127 cm³/mol. The van der Waals surface area contributed by atoms with E-state index >= 15 is 0 Å². The van der Waals surface area contributed by atoms with E-state index in [9.17, 15) is 9.59 Å². The van der Waals surface area contributed by atoms with Crippen molar-refractivity contribution in [2.75, 3.05) is 7.11 Å². The number of alkyl carbamates (subject to hydrolysis) is 1. The molecule has 0 aliphatic rings. The van der Waals surface area contributed by atoms with E-state index in [1.807, 2.05) is 18.2 Å². The van der Waals surface area contributed by atoms with Gasteiger partial charge in [-0.15, -0.1) is 0 Å². The molecule has 0 radical (unpaired) electrons. The van der Waals surface area contributed by atoms with Crippen LogP contribution in [-0.4, -0.2) is 29.8 Å². The summed E-state index contributed by atoms with van der Waals surface area (Å²) in [6.45, 7) is 5.19. The lowest BCUT2D eigenvalue weighted by Crippen LogP contribution is -2.34. The first kappa shape index (κ1) is 23.6. The monoisotopic (exact) mass is 472 g/mol. The summed E-state index contributed by atoms with van der Waals surface area (Å²) < 4.78 is 9.99. The van der Waals surface area contributed by atoms with Crippen LogP contribution in [0.5, 0.6) is 0 Å². The molecule has 32 heavy (non-hydrogen) atoms. The molecule has 2 aromatic carbocycles. The lowest BCUT2D eigenvalue weighted by atomic mass is 10.1. The average molecular weight is 473 g/mol. The first-order valence-corrected chi connectivity index (χ1v) is 10.5. The summed E-state index contributed by atoms with van der Waals surface area (Å²) in [7, 11) is 1.23. The van der Waals surface area contributed by atoms with Crippen molar-refractivity contribution in [2.24, 2.45) is 0 Å². The minimum Gasteiger partial charge on any atom is -0.464 e. The molecular weight excluding hydrogens is 451 g/mol. The molecule has 1 aromatic heterocycles. The number of hydrogen-bond acceptors (Lipinski definition) is 5. The lowest BCUT2D eigenvalue weighted by Gasteiger charge is -2.20. The Hall–Kier alpha value is -3.09. The lowest BCUT2D eigenvalue weighted by molar-refractivity contribution is -0.136. The molecule has 0 atom stereocenters. The van der Waals surface area contributed by atoms with Crippen molar-refractivity contribution >= 4 is 52.2 Å². The molecule has 3 aromatic rings. The highest BCUT2D eigenvalue weighted by atomic mass is 35.5. The Morgan fingerprint density at radius 1 is 1.03 bits per heavy atom. The van der Waals surface area contributed by atoms with Crippen LogP contribution in [0.25, 0.3) is 28.2 Å². The highest BCUT2D eigenvalue weighted by Gasteiger charge is 2.20. The van der Waals surface area contributed by atoms with Crippen molar-refractivity contribution in [2.45, 2.75) is 26.4 Å². The fourth-order valence-electron chi connectivity index (χ4n) is 2.95. The molecule has 1 heterocycles. The van der Waals surface area contributed by atoms with Gasteiger partial charge >= 0.3 is 12.1 Å². The van der Waals surface area contributed by atoms with E-state index in [-0.39, 0.29) is 5.70 Å². The number of methoxy groups -OCH3 is 1. The van der Waals surface area contributed by atoms with Crippen LogP contribution in [0.4, 0.5) is 4.79 Å². The maximum atomic E-state index is 12.1. The molecule has 1 amide bonds. The summed E-state index contributed by atoms with van der Waals surface area (Å²) in [4.78, 5) is 28.9. The van der Waals surface area contributed by atoms with E-state index in [2.05, 4.69) is 10.3 Å². The number of esters is 1. The van der Waals surface area contributed by atoms with Crippen molar-refractivity contribution < 1.29 is 19.1 Å². The molecular formula is C24H22Cl2N2O4. The summed E-state index contributed by atoms with van der Waals surface area (Å²) in [5.74, 6) is -0.696. The molecule has 6 nitrogen and oxygen atoms in total. The van der Waals surface area contributed by atoms with Crippen LogP contribution in [0.1, 0.15) is 26.3 Å². The molecule has 0 saturated heterocycles. The number of fused-ring (bicyclic) bond motifs is 1. The summed E-state index contributed by atoms with van der Waals surface area (Å²) in [5, 5.41) is 4.30. The predicted octanol–water partition coefficient (Wildman–Crippen LogP) is 6.25. The number of aromatic nitrogens is 1.